The maximum atomic E-state index is 13.2. The monoisotopic (exact) mass is 538 g/mol. The van der Waals surface area contributed by atoms with Crippen molar-refractivity contribution in [1.29, 1.82) is 0 Å². The molecule has 0 aromatic heterocycles. The van der Waals surface area contributed by atoms with Gasteiger partial charge in [-0.05, 0) is 60.4 Å². The molecule has 2 heterocycles. The van der Waals surface area contributed by atoms with Gasteiger partial charge in [0.25, 0.3) is 5.91 Å². The second-order valence-electron chi connectivity index (χ2n) is 8.09. The molecule has 0 saturated carbocycles. The highest BCUT2D eigenvalue weighted by atomic mass is 79.9. The molecule has 0 aliphatic carbocycles. The highest BCUT2D eigenvalue weighted by Crippen LogP contribution is 2.39. The summed E-state index contributed by atoms with van der Waals surface area (Å²) in [6.07, 6.45) is 1.41. The van der Waals surface area contributed by atoms with E-state index in [-0.39, 0.29) is 11.9 Å². The number of aryl methyl sites for hydroxylation is 1. The molecule has 3 aromatic rings. The first-order chi connectivity index (χ1) is 16.5. The number of amides is 1. The van der Waals surface area contributed by atoms with E-state index in [1.807, 2.05) is 79.3 Å². The van der Waals surface area contributed by atoms with Crippen LogP contribution in [0.1, 0.15) is 43.0 Å². The van der Waals surface area contributed by atoms with Gasteiger partial charge in [0, 0.05) is 17.4 Å². The van der Waals surface area contributed by atoms with Crippen molar-refractivity contribution in [3.63, 3.8) is 0 Å². The summed E-state index contributed by atoms with van der Waals surface area (Å²) in [4.78, 5) is 13.2. The summed E-state index contributed by atoms with van der Waals surface area (Å²) in [7, 11) is 0. The smallest absolute Gasteiger partial charge is 0.285 e. The minimum atomic E-state index is -0.186. The Bertz CT molecular complexity index is 1210. The van der Waals surface area contributed by atoms with Crippen LogP contribution in [0.2, 0.25) is 5.02 Å². The van der Waals surface area contributed by atoms with Crippen LogP contribution < -0.4 is 15.4 Å². The number of para-hydroxylation sites is 1. The number of anilines is 2. The normalized spacial score (nSPS) is 16.5. The molecule has 2 aliphatic heterocycles. The Morgan fingerprint density at radius 2 is 1.79 bits per heavy atom. The molecule has 0 bridgehead atoms. The lowest BCUT2D eigenvalue weighted by molar-refractivity contribution is -0.115. The fraction of sp³-hybridized carbons (Fsp3) is 0.259. The van der Waals surface area contributed by atoms with Gasteiger partial charge in [-0.2, -0.15) is 5.10 Å². The summed E-state index contributed by atoms with van der Waals surface area (Å²) in [5.41, 5.74) is 8.76. The number of hydrogen-bond donors (Lipinski definition) is 1. The molecule has 1 atom stereocenters. The average Bonchev–Trinajstić information content (AvgIpc) is 3.46. The molecule has 3 aromatic carbocycles. The highest BCUT2D eigenvalue weighted by Gasteiger charge is 2.34. The van der Waals surface area contributed by atoms with Gasteiger partial charge in [-0.1, -0.05) is 77.8 Å². The van der Waals surface area contributed by atoms with Gasteiger partial charge in [0.2, 0.25) is 0 Å². The second-order valence-corrected chi connectivity index (χ2v) is 9.41. The lowest BCUT2D eigenvalue weighted by Gasteiger charge is -2.25. The number of halogens is 2. The van der Waals surface area contributed by atoms with Crippen molar-refractivity contribution in [2.75, 3.05) is 16.6 Å². The maximum absolute atomic E-state index is 13.2. The van der Waals surface area contributed by atoms with Gasteiger partial charge in [0.15, 0.2) is 0 Å². The quantitative estimate of drug-likeness (QED) is 0.395. The predicted octanol–water partition coefficient (Wildman–Crippen LogP) is 6.84. The van der Waals surface area contributed by atoms with Crippen molar-refractivity contribution in [3.05, 3.63) is 92.9 Å². The number of hydrogen-bond acceptors (Lipinski definition) is 4. The van der Waals surface area contributed by atoms with Crippen LogP contribution in [0, 0.1) is 6.92 Å². The number of nitrogens with one attached hydrogen (secondary N) is 1. The number of fused-ring (bicyclic) bond motifs is 1. The molecule has 7 heteroatoms. The molecule has 5 nitrogen and oxygen atoms in total. The Kier molecular flexibility index (Phi) is 7.59. The Hall–Kier alpha value is -2.83. The Morgan fingerprint density at radius 3 is 2.53 bits per heavy atom. The SMILES string of the molecule is CC.Cc1ccc(N2N=C(C(=O)NN3CCc4ccccc43)CC2c2ccc(Br)cc2)c(Cl)c1. The van der Waals surface area contributed by atoms with Crippen LogP contribution in [0.4, 0.5) is 11.4 Å². The molecular formula is C27H28BrClN4O. The third-order valence-electron chi connectivity index (χ3n) is 5.90. The average molecular weight is 540 g/mol. The lowest BCUT2D eigenvalue weighted by Crippen LogP contribution is -2.44. The van der Waals surface area contributed by atoms with Crippen molar-refractivity contribution in [1.82, 2.24) is 5.43 Å². The van der Waals surface area contributed by atoms with Gasteiger partial charge in [-0.15, -0.1) is 0 Å². The first-order valence-corrected chi connectivity index (χ1v) is 12.7. The second kappa shape index (κ2) is 10.6. The molecular weight excluding hydrogens is 512 g/mol. The van der Waals surface area contributed by atoms with Gasteiger partial charge in [-0.3, -0.25) is 20.2 Å². The van der Waals surface area contributed by atoms with Gasteiger partial charge >= 0.3 is 0 Å². The van der Waals surface area contributed by atoms with E-state index in [0.29, 0.717) is 17.2 Å². The van der Waals surface area contributed by atoms with E-state index in [1.165, 1.54) is 5.56 Å². The summed E-state index contributed by atoms with van der Waals surface area (Å²) < 4.78 is 1.01. The van der Waals surface area contributed by atoms with Gasteiger partial charge in [-0.25, -0.2) is 0 Å². The molecule has 5 rings (SSSR count). The molecule has 2 aliphatic rings. The molecule has 0 radical (unpaired) electrons. The van der Waals surface area contributed by atoms with Crippen molar-refractivity contribution in [2.24, 2.45) is 5.10 Å². The largest absolute Gasteiger partial charge is 0.286 e. The zero-order valence-electron chi connectivity index (χ0n) is 19.6. The topological polar surface area (TPSA) is 47.9 Å². The summed E-state index contributed by atoms with van der Waals surface area (Å²) in [5, 5.41) is 9.14. The molecule has 1 amide bonds. The van der Waals surface area contributed by atoms with Gasteiger partial charge in [0.05, 0.1) is 22.4 Å². The van der Waals surface area contributed by atoms with Crippen LogP contribution in [-0.4, -0.2) is 18.2 Å². The Morgan fingerprint density at radius 1 is 1.06 bits per heavy atom. The van der Waals surface area contributed by atoms with E-state index in [9.17, 15) is 4.79 Å². The first-order valence-electron chi connectivity index (χ1n) is 11.5. The number of hydrazone groups is 1. The van der Waals surface area contributed by atoms with Crippen LogP contribution in [-0.2, 0) is 11.2 Å². The van der Waals surface area contributed by atoms with E-state index < -0.39 is 0 Å². The van der Waals surface area contributed by atoms with Crippen LogP contribution in [0.3, 0.4) is 0 Å². The van der Waals surface area contributed by atoms with E-state index in [4.69, 9.17) is 16.7 Å². The summed E-state index contributed by atoms with van der Waals surface area (Å²) in [6.45, 7) is 6.75. The standard InChI is InChI=1S/C25H22BrClN4O.C2H6/c1-16-6-11-23(20(27)14-16)31-24(18-7-9-19(26)10-8-18)15-21(28-31)25(32)29-30-13-12-17-4-2-3-5-22(17)30;1-2/h2-11,14,24H,12-13,15H2,1H3,(H,29,32);1-2H3. The van der Waals surface area contributed by atoms with Crippen molar-refractivity contribution >= 4 is 50.5 Å². The molecule has 0 spiro atoms. The first kappa shape index (κ1) is 24.3. The van der Waals surface area contributed by atoms with Gasteiger partial charge in [0.1, 0.15) is 5.71 Å². The number of rotatable bonds is 4. The van der Waals surface area contributed by atoms with E-state index in [0.717, 1.165) is 39.9 Å². The van der Waals surface area contributed by atoms with Crippen molar-refractivity contribution in [3.8, 4) is 0 Å². The van der Waals surface area contributed by atoms with E-state index >= 15 is 0 Å². The van der Waals surface area contributed by atoms with Crippen LogP contribution in [0.25, 0.3) is 0 Å². The zero-order chi connectivity index (χ0) is 24.2. The molecule has 34 heavy (non-hydrogen) atoms. The molecule has 176 valence electrons. The molecule has 0 saturated heterocycles. The Labute approximate surface area is 214 Å². The zero-order valence-corrected chi connectivity index (χ0v) is 21.9. The minimum absolute atomic E-state index is 0.116. The third kappa shape index (κ3) is 4.98. The summed E-state index contributed by atoms with van der Waals surface area (Å²) in [6, 6.07) is 22.0. The Balaban J connectivity index is 0.00000133. The van der Waals surface area contributed by atoms with E-state index in [1.54, 1.807) is 0 Å². The number of carbonyl (C=O) groups is 1. The van der Waals surface area contributed by atoms with Crippen molar-refractivity contribution in [2.45, 2.75) is 39.7 Å². The lowest BCUT2D eigenvalue weighted by atomic mass is 10.0. The fourth-order valence-electron chi connectivity index (χ4n) is 4.25. The number of nitrogens with zero attached hydrogens (tertiary/aromatic N) is 3. The molecule has 1 N–H and O–H groups in total. The van der Waals surface area contributed by atoms with Crippen LogP contribution in [0.5, 0.6) is 0 Å². The van der Waals surface area contributed by atoms with Gasteiger partial charge < -0.3 is 0 Å². The van der Waals surface area contributed by atoms with Crippen LogP contribution >= 0.6 is 27.5 Å². The molecule has 0 fully saturated rings. The van der Waals surface area contributed by atoms with Crippen molar-refractivity contribution < 1.29 is 4.79 Å². The fourth-order valence-corrected chi connectivity index (χ4v) is 4.84. The third-order valence-corrected chi connectivity index (χ3v) is 6.73. The number of hydrazine groups is 1. The number of benzene rings is 3. The number of carbonyl (C=O) groups excluding carboxylic acids is 1. The summed E-state index contributed by atoms with van der Waals surface area (Å²) >= 11 is 10.1. The van der Waals surface area contributed by atoms with Crippen LogP contribution in [0.15, 0.2) is 76.3 Å². The minimum Gasteiger partial charge on any atom is -0.285 e. The summed E-state index contributed by atoms with van der Waals surface area (Å²) in [5.74, 6) is -0.186. The molecule has 1 unspecified atom stereocenters. The highest BCUT2D eigenvalue weighted by molar-refractivity contribution is 9.10. The maximum Gasteiger partial charge on any atom is 0.286 e. The van der Waals surface area contributed by atoms with E-state index in [2.05, 4.69) is 39.6 Å². The predicted molar refractivity (Wildman–Crippen MR) is 145 cm³/mol.